The molecule has 1 heterocycles. The Bertz CT molecular complexity index is 137. The second kappa shape index (κ2) is 3.21. The average Bonchev–Trinajstić information content (AvgIpc) is 1.85. The third kappa shape index (κ3) is 1.85. The van der Waals surface area contributed by atoms with E-state index >= 15 is 0 Å². The summed E-state index contributed by atoms with van der Waals surface area (Å²) in [5.41, 5.74) is 0. The summed E-state index contributed by atoms with van der Waals surface area (Å²) in [5, 5.41) is 9.02. The molecule has 1 aliphatic rings. The van der Waals surface area contributed by atoms with Gasteiger partial charge in [0.25, 0.3) is 0 Å². The number of cyclic esters (lactones) is 1. The lowest BCUT2D eigenvalue weighted by Crippen LogP contribution is -2.33. The van der Waals surface area contributed by atoms with Gasteiger partial charge in [-0.1, -0.05) is 0 Å². The molecule has 3 nitrogen and oxygen atoms in total. The lowest BCUT2D eigenvalue weighted by molar-refractivity contribution is -0.158. The van der Waals surface area contributed by atoms with E-state index in [9.17, 15) is 4.79 Å². The molecular weight excluding hydrogens is 156 g/mol. The molecule has 10 heavy (non-hydrogen) atoms. The summed E-state index contributed by atoms with van der Waals surface area (Å²) >= 11 is 5.42. The minimum Gasteiger partial charge on any atom is -0.461 e. The van der Waals surface area contributed by atoms with Crippen molar-refractivity contribution in [2.75, 3.05) is 5.88 Å². The minimum absolute atomic E-state index is 0.105. The fourth-order valence-electron chi connectivity index (χ4n) is 0.956. The number of esters is 1. The first-order valence-electron chi connectivity index (χ1n) is 3.16. The molecule has 1 aliphatic heterocycles. The lowest BCUT2D eigenvalue weighted by atomic mass is 10.1. The predicted octanol–water partition coefficient (Wildman–Crippen LogP) is 0.292. The van der Waals surface area contributed by atoms with Crippen LogP contribution in [0.15, 0.2) is 0 Å². The van der Waals surface area contributed by atoms with E-state index in [0.29, 0.717) is 6.42 Å². The zero-order chi connectivity index (χ0) is 7.56. The molecule has 58 valence electrons. The van der Waals surface area contributed by atoms with E-state index < -0.39 is 6.10 Å². The highest BCUT2D eigenvalue weighted by molar-refractivity contribution is 6.18. The standard InChI is InChI=1S/C6H9ClO3/c7-3-5-1-4(8)2-6(9)10-5/h4-5,8H,1-3H2/t4?,5-/m0/s1. The molecule has 0 aromatic carbocycles. The van der Waals surface area contributed by atoms with E-state index in [1.807, 2.05) is 0 Å². The fourth-order valence-corrected chi connectivity index (χ4v) is 1.14. The molecule has 0 radical (unpaired) electrons. The molecular formula is C6H9ClO3. The van der Waals surface area contributed by atoms with Gasteiger partial charge in [-0.2, -0.15) is 0 Å². The number of aliphatic hydroxyl groups excluding tert-OH is 1. The van der Waals surface area contributed by atoms with Crippen molar-refractivity contribution in [1.29, 1.82) is 0 Å². The lowest BCUT2D eigenvalue weighted by Gasteiger charge is -2.23. The topological polar surface area (TPSA) is 46.5 Å². The first kappa shape index (κ1) is 7.82. The maximum Gasteiger partial charge on any atom is 0.308 e. The fraction of sp³-hybridized carbons (Fsp3) is 0.833. The monoisotopic (exact) mass is 164 g/mol. The molecule has 0 spiro atoms. The summed E-state index contributed by atoms with van der Waals surface area (Å²) in [6.45, 7) is 0. The molecule has 4 heteroatoms. The summed E-state index contributed by atoms with van der Waals surface area (Å²) < 4.78 is 4.78. The zero-order valence-electron chi connectivity index (χ0n) is 5.42. The number of aliphatic hydroxyl groups is 1. The number of hydrogen-bond donors (Lipinski definition) is 1. The van der Waals surface area contributed by atoms with Gasteiger partial charge >= 0.3 is 5.97 Å². The van der Waals surface area contributed by atoms with Crippen LogP contribution >= 0.6 is 11.6 Å². The molecule has 1 saturated heterocycles. The maximum atomic E-state index is 10.6. The van der Waals surface area contributed by atoms with Crippen LogP contribution in [0.4, 0.5) is 0 Å². The normalized spacial score (nSPS) is 33.6. The maximum absolute atomic E-state index is 10.6. The molecule has 0 aromatic heterocycles. The van der Waals surface area contributed by atoms with Gasteiger partial charge in [0.1, 0.15) is 6.10 Å². The Kier molecular flexibility index (Phi) is 2.51. The SMILES string of the molecule is O=C1CC(O)C[C@@H](CCl)O1. The second-order valence-corrected chi connectivity index (χ2v) is 2.67. The van der Waals surface area contributed by atoms with E-state index in [1.54, 1.807) is 0 Å². The third-order valence-electron chi connectivity index (χ3n) is 1.41. The Labute approximate surface area is 63.9 Å². The van der Waals surface area contributed by atoms with Crippen molar-refractivity contribution in [1.82, 2.24) is 0 Å². The van der Waals surface area contributed by atoms with Crippen LogP contribution in [0.2, 0.25) is 0 Å². The van der Waals surface area contributed by atoms with Gasteiger partial charge in [0.2, 0.25) is 0 Å². The number of hydrogen-bond acceptors (Lipinski definition) is 3. The molecule has 0 aliphatic carbocycles. The number of carbonyl (C=O) groups excluding carboxylic acids is 1. The van der Waals surface area contributed by atoms with Crippen LogP contribution in [-0.4, -0.2) is 29.2 Å². The first-order chi connectivity index (χ1) is 4.72. The van der Waals surface area contributed by atoms with Crippen molar-refractivity contribution < 1.29 is 14.6 Å². The van der Waals surface area contributed by atoms with Crippen molar-refractivity contribution >= 4 is 17.6 Å². The van der Waals surface area contributed by atoms with Gasteiger partial charge in [-0.3, -0.25) is 4.79 Å². The first-order valence-corrected chi connectivity index (χ1v) is 3.69. The Balaban J connectivity index is 2.42. The van der Waals surface area contributed by atoms with Crippen molar-refractivity contribution in [3.05, 3.63) is 0 Å². The predicted molar refractivity (Wildman–Crippen MR) is 35.8 cm³/mol. The molecule has 0 bridgehead atoms. The third-order valence-corrected chi connectivity index (χ3v) is 1.75. The Hall–Kier alpha value is -0.280. The zero-order valence-corrected chi connectivity index (χ0v) is 6.17. The van der Waals surface area contributed by atoms with Gasteiger partial charge in [-0.15, -0.1) is 11.6 Å². The molecule has 1 unspecified atom stereocenters. The van der Waals surface area contributed by atoms with Crippen LogP contribution in [0.1, 0.15) is 12.8 Å². The van der Waals surface area contributed by atoms with Crippen LogP contribution < -0.4 is 0 Å². The number of carbonyl (C=O) groups is 1. The summed E-state index contributed by atoms with van der Waals surface area (Å²) in [4.78, 5) is 10.6. The number of ether oxygens (including phenoxy) is 1. The summed E-state index contributed by atoms with van der Waals surface area (Å²) in [6.07, 6.45) is -0.286. The van der Waals surface area contributed by atoms with Crippen molar-refractivity contribution in [3.8, 4) is 0 Å². The van der Waals surface area contributed by atoms with Crippen molar-refractivity contribution in [2.24, 2.45) is 0 Å². The Morgan fingerprint density at radius 3 is 3.00 bits per heavy atom. The summed E-state index contributed by atoms with van der Waals surface area (Å²) in [5.74, 6) is -0.0904. The van der Waals surface area contributed by atoms with E-state index in [4.69, 9.17) is 21.4 Å². The summed E-state index contributed by atoms with van der Waals surface area (Å²) in [7, 11) is 0. The molecule has 2 atom stereocenters. The summed E-state index contributed by atoms with van der Waals surface area (Å²) in [6, 6.07) is 0. The molecule has 1 rings (SSSR count). The number of halogens is 1. The largest absolute Gasteiger partial charge is 0.461 e. The van der Waals surface area contributed by atoms with Crippen molar-refractivity contribution in [3.63, 3.8) is 0 Å². The van der Waals surface area contributed by atoms with Gasteiger partial charge < -0.3 is 9.84 Å². The molecule has 0 saturated carbocycles. The van der Waals surface area contributed by atoms with Gasteiger partial charge in [-0.25, -0.2) is 0 Å². The number of alkyl halides is 1. The van der Waals surface area contributed by atoms with Crippen molar-refractivity contribution in [2.45, 2.75) is 25.0 Å². The van der Waals surface area contributed by atoms with Gasteiger partial charge in [0.05, 0.1) is 18.4 Å². The minimum atomic E-state index is -0.565. The van der Waals surface area contributed by atoms with Gasteiger partial charge in [-0.05, 0) is 0 Å². The smallest absolute Gasteiger partial charge is 0.308 e. The Morgan fingerprint density at radius 1 is 1.80 bits per heavy atom. The van der Waals surface area contributed by atoms with Crippen LogP contribution in [0.3, 0.4) is 0 Å². The second-order valence-electron chi connectivity index (χ2n) is 2.36. The molecule has 0 aromatic rings. The van der Waals surface area contributed by atoms with E-state index in [0.717, 1.165) is 0 Å². The van der Waals surface area contributed by atoms with Crippen LogP contribution in [0.25, 0.3) is 0 Å². The van der Waals surface area contributed by atoms with E-state index in [2.05, 4.69) is 0 Å². The highest BCUT2D eigenvalue weighted by Gasteiger charge is 2.25. The quantitative estimate of drug-likeness (QED) is 0.448. The highest BCUT2D eigenvalue weighted by Crippen LogP contribution is 2.15. The van der Waals surface area contributed by atoms with Crippen LogP contribution in [-0.2, 0) is 9.53 Å². The number of rotatable bonds is 1. The highest BCUT2D eigenvalue weighted by atomic mass is 35.5. The average molecular weight is 165 g/mol. The van der Waals surface area contributed by atoms with Crippen LogP contribution in [0, 0.1) is 0 Å². The van der Waals surface area contributed by atoms with Gasteiger partial charge in [0.15, 0.2) is 0 Å². The molecule has 0 amide bonds. The van der Waals surface area contributed by atoms with Gasteiger partial charge in [0, 0.05) is 6.42 Å². The van der Waals surface area contributed by atoms with Crippen LogP contribution in [0.5, 0.6) is 0 Å². The molecule has 1 fully saturated rings. The Morgan fingerprint density at radius 2 is 2.50 bits per heavy atom. The molecule has 1 N–H and O–H groups in total. The van der Waals surface area contributed by atoms with E-state index in [-0.39, 0.29) is 24.4 Å². The van der Waals surface area contributed by atoms with E-state index in [1.165, 1.54) is 0 Å².